The van der Waals surface area contributed by atoms with Crippen LogP contribution in [0.3, 0.4) is 0 Å². The van der Waals surface area contributed by atoms with Crippen LogP contribution in [0, 0.1) is 5.82 Å². The van der Waals surface area contributed by atoms with Crippen LogP contribution in [-0.2, 0) is 11.2 Å². The topological polar surface area (TPSA) is 41.1 Å². The van der Waals surface area contributed by atoms with Gasteiger partial charge in [-0.2, -0.15) is 0 Å². The van der Waals surface area contributed by atoms with E-state index in [-0.39, 0.29) is 11.7 Å². The summed E-state index contributed by atoms with van der Waals surface area (Å²) >= 11 is 5.85. The molecule has 22 heavy (non-hydrogen) atoms. The van der Waals surface area contributed by atoms with E-state index in [0.717, 1.165) is 18.5 Å². The molecule has 0 heterocycles. The average Bonchev–Trinajstić information content (AvgIpc) is 2.49. The largest absolute Gasteiger partial charge is 0.326 e. The van der Waals surface area contributed by atoms with Crippen LogP contribution in [0.2, 0.25) is 5.02 Å². The number of carbonyl (C=O) groups excluding carboxylic acids is 1. The molecule has 0 aliphatic carbocycles. The van der Waals surface area contributed by atoms with Gasteiger partial charge in [-0.15, -0.1) is 0 Å². The van der Waals surface area contributed by atoms with Crippen molar-refractivity contribution in [3.63, 3.8) is 0 Å². The van der Waals surface area contributed by atoms with Crippen LogP contribution in [0.1, 0.15) is 12.0 Å². The summed E-state index contributed by atoms with van der Waals surface area (Å²) in [5.41, 5.74) is 1.76. The normalized spacial score (nSPS) is 10.5. The first-order valence-corrected chi connectivity index (χ1v) is 7.52. The third kappa shape index (κ3) is 5.84. The Bertz CT molecular complexity index is 616. The van der Waals surface area contributed by atoms with Crippen LogP contribution >= 0.6 is 11.6 Å². The summed E-state index contributed by atoms with van der Waals surface area (Å²) in [5.74, 6) is -0.286. The minimum atomic E-state index is -0.227. The summed E-state index contributed by atoms with van der Waals surface area (Å²) in [6, 6.07) is 13.5. The van der Waals surface area contributed by atoms with Crippen molar-refractivity contribution in [3.05, 3.63) is 64.9 Å². The summed E-state index contributed by atoms with van der Waals surface area (Å²) in [4.78, 5) is 11.8. The zero-order chi connectivity index (χ0) is 15.8. The smallest absolute Gasteiger partial charge is 0.225 e. The van der Waals surface area contributed by atoms with Gasteiger partial charge in [0, 0.05) is 23.7 Å². The van der Waals surface area contributed by atoms with Gasteiger partial charge in [-0.05, 0) is 48.9 Å². The zero-order valence-corrected chi connectivity index (χ0v) is 12.9. The summed E-state index contributed by atoms with van der Waals surface area (Å²) in [6.07, 6.45) is 1.19. The lowest BCUT2D eigenvalue weighted by Crippen LogP contribution is -2.23. The van der Waals surface area contributed by atoms with E-state index in [9.17, 15) is 9.18 Å². The number of benzene rings is 2. The molecule has 0 fully saturated rings. The second kappa shape index (κ2) is 8.51. The van der Waals surface area contributed by atoms with E-state index in [4.69, 9.17) is 11.6 Å². The maximum Gasteiger partial charge on any atom is 0.225 e. The third-order valence-corrected chi connectivity index (χ3v) is 3.38. The predicted octanol–water partition coefficient (Wildman–Crippen LogP) is 3.64. The van der Waals surface area contributed by atoms with Crippen molar-refractivity contribution in [2.75, 3.05) is 18.4 Å². The molecule has 2 aromatic rings. The van der Waals surface area contributed by atoms with Crippen LogP contribution < -0.4 is 10.6 Å². The highest BCUT2D eigenvalue weighted by Crippen LogP contribution is 2.14. The van der Waals surface area contributed by atoms with Gasteiger partial charge in [0.05, 0.1) is 0 Å². The Hall–Kier alpha value is -1.91. The van der Waals surface area contributed by atoms with Gasteiger partial charge in [-0.3, -0.25) is 4.79 Å². The van der Waals surface area contributed by atoms with Crippen LogP contribution in [0.5, 0.6) is 0 Å². The van der Waals surface area contributed by atoms with Crippen molar-refractivity contribution in [1.29, 1.82) is 0 Å². The average molecular weight is 321 g/mol. The van der Waals surface area contributed by atoms with E-state index in [1.165, 1.54) is 12.1 Å². The minimum Gasteiger partial charge on any atom is -0.326 e. The van der Waals surface area contributed by atoms with Crippen molar-refractivity contribution in [3.8, 4) is 0 Å². The van der Waals surface area contributed by atoms with Crippen LogP contribution in [0.25, 0.3) is 0 Å². The van der Waals surface area contributed by atoms with Gasteiger partial charge in [0.25, 0.3) is 0 Å². The molecule has 2 rings (SSSR count). The van der Waals surface area contributed by atoms with E-state index >= 15 is 0 Å². The standard InChI is InChI=1S/C17H18ClFN2O/c18-14-2-1-3-16(12-14)21-17(22)9-11-20-10-8-13-4-6-15(19)7-5-13/h1-7,12,20H,8-11H2,(H,21,22). The molecule has 0 aliphatic heterocycles. The molecule has 2 N–H and O–H groups in total. The van der Waals surface area contributed by atoms with Crippen molar-refractivity contribution >= 4 is 23.2 Å². The van der Waals surface area contributed by atoms with Crippen molar-refractivity contribution in [1.82, 2.24) is 5.32 Å². The van der Waals surface area contributed by atoms with Crippen LogP contribution in [0.15, 0.2) is 48.5 Å². The summed E-state index contributed by atoms with van der Waals surface area (Å²) in [6.45, 7) is 1.34. The van der Waals surface area contributed by atoms with Gasteiger partial charge in [-0.1, -0.05) is 29.8 Å². The van der Waals surface area contributed by atoms with Gasteiger partial charge in [-0.25, -0.2) is 4.39 Å². The molecule has 5 heteroatoms. The summed E-state index contributed by atoms with van der Waals surface area (Å²) in [7, 11) is 0. The number of amides is 1. The highest BCUT2D eigenvalue weighted by molar-refractivity contribution is 6.30. The number of anilines is 1. The highest BCUT2D eigenvalue weighted by Gasteiger charge is 2.02. The Labute approximate surface area is 134 Å². The number of hydrogen-bond acceptors (Lipinski definition) is 2. The SMILES string of the molecule is O=C(CCNCCc1ccc(F)cc1)Nc1cccc(Cl)c1. The zero-order valence-electron chi connectivity index (χ0n) is 12.1. The molecule has 1 amide bonds. The van der Waals surface area contributed by atoms with Crippen molar-refractivity contribution in [2.45, 2.75) is 12.8 Å². The Morgan fingerprint density at radius 2 is 1.86 bits per heavy atom. The molecule has 0 aliphatic rings. The number of halogens is 2. The van der Waals surface area contributed by atoms with Gasteiger partial charge >= 0.3 is 0 Å². The second-order valence-corrected chi connectivity index (χ2v) is 5.37. The Morgan fingerprint density at radius 1 is 1.09 bits per heavy atom. The van der Waals surface area contributed by atoms with E-state index in [1.54, 1.807) is 36.4 Å². The second-order valence-electron chi connectivity index (χ2n) is 4.93. The van der Waals surface area contributed by atoms with Gasteiger partial charge in [0.15, 0.2) is 0 Å². The molecular weight excluding hydrogens is 303 g/mol. The number of rotatable bonds is 7. The first-order valence-electron chi connectivity index (χ1n) is 7.14. The molecule has 0 aromatic heterocycles. The minimum absolute atomic E-state index is 0.0588. The van der Waals surface area contributed by atoms with Gasteiger partial charge in [0.2, 0.25) is 5.91 Å². The molecular formula is C17H18ClFN2O. The molecule has 0 bridgehead atoms. The van der Waals surface area contributed by atoms with Crippen LogP contribution in [0.4, 0.5) is 10.1 Å². The number of nitrogens with one attached hydrogen (secondary N) is 2. The maximum atomic E-state index is 12.8. The first kappa shape index (κ1) is 16.5. The van der Waals surface area contributed by atoms with E-state index in [2.05, 4.69) is 10.6 Å². The molecule has 2 aromatic carbocycles. The van der Waals surface area contributed by atoms with Crippen molar-refractivity contribution in [2.24, 2.45) is 0 Å². The molecule has 0 spiro atoms. The van der Waals surface area contributed by atoms with Crippen molar-refractivity contribution < 1.29 is 9.18 Å². The number of carbonyl (C=O) groups is 1. The molecule has 0 saturated carbocycles. The monoisotopic (exact) mass is 320 g/mol. The van der Waals surface area contributed by atoms with Gasteiger partial charge < -0.3 is 10.6 Å². The first-order chi connectivity index (χ1) is 10.6. The molecule has 0 atom stereocenters. The third-order valence-electron chi connectivity index (χ3n) is 3.14. The van der Waals surface area contributed by atoms with Crippen LogP contribution in [-0.4, -0.2) is 19.0 Å². The lowest BCUT2D eigenvalue weighted by Gasteiger charge is -2.07. The fraction of sp³-hybridized carbons (Fsp3) is 0.235. The van der Waals surface area contributed by atoms with E-state index in [1.807, 2.05) is 0 Å². The fourth-order valence-electron chi connectivity index (χ4n) is 2.00. The van der Waals surface area contributed by atoms with Gasteiger partial charge in [0.1, 0.15) is 5.82 Å². The quantitative estimate of drug-likeness (QED) is 0.765. The Balaban J connectivity index is 1.62. The lowest BCUT2D eigenvalue weighted by molar-refractivity contribution is -0.116. The highest BCUT2D eigenvalue weighted by atomic mass is 35.5. The van der Waals surface area contributed by atoms with E-state index in [0.29, 0.717) is 23.7 Å². The molecule has 0 unspecified atom stereocenters. The molecule has 116 valence electrons. The fourth-order valence-corrected chi connectivity index (χ4v) is 2.19. The number of hydrogen-bond donors (Lipinski definition) is 2. The predicted molar refractivity (Wildman–Crippen MR) is 87.7 cm³/mol. The van der Waals surface area contributed by atoms with E-state index < -0.39 is 0 Å². The molecule has 0 saturated heterocycles. The molecule has 0 radical (unpaired) electrons. The Kier molecular flexibility index (Phi) is 6.37. The summed E-state index contributed by atoms with van der Waals surface area (Å²) < 4.78 is 12.8. The molecule has 3 nitrogen and oxygen atoms in total. The lowest BCUT2D eigenvalue weighted by atomic mass is 10.1. The maximum absolute atomic E-state index is 12.8. The Morgan fingerprint density at radius 3 is 2.59 bits per heavy atom. The summed E-state index contributed by atoms with van der Waals surface area (Å²) in [5, 5.41) is 6.58.